The number of alkyl carbamates (subject to hydrolysis) is 1. The van der Waals surface area contributed by atoms with Crippen LogP contribution in [0.25, 0.3) is 0 Å². The molecule has 1 aliphatic rings. The fraction of sp³-hybridized carbons (Fsp3) is 0.333. The van der Waals surface area contributed by atoms with Gasteiger partial charge in [-0.25, -0.2) is 4.79 Å². The zero-order chi connectivity index (χ0) is 20.5. The lowest BCUT2D eigenvalue weighted by atomic mass is 9.96. The van der Waals surface area contributed by atoms with E-state index in [0.717, 1.165) is 16.8 Å². The lowest BCUT2D eigenvalue weighted by Crippen LogP contribution is -2.53. The second-order valence-corrected chi connectivity index (χ2v) is 8.54. The molecule has 5 nitrogen and oxygen atoms in total. The summed E-state index contributed by atoms with van der Waals surface area (Å²) in [5, 5.41) is 3.80. The quantitative estimate of drug-likeness (QED) is 0.761. The molecule has 0 radical (unpaired) electrons. The molecule has 2 amide bonds. The van der Waals surface area contributed by atoms with Gasteiger partial charge in [0.1, 0.15) is 11.6 Å². The molecule has 0 fully saturated rings. The Morgan fingerprint density at radius 3 is 2.61 bits per heavy atom. The predicted molar refractivity (Wildman–Crippen MR) is 111 cm³/mol. The molecule has 0 spiro atoms. The average molecular weight is 421 g/mol. The van der Waals surface area contributed by atoms with Crippen molar-refractivity contribution in [1.29, 1.82) is 0 Å². The van der Waals surface area contributed by atoms with E-state index in [9.17, 15) is 9.59 Å². The highest BCUT2D eigenvalue weighted by Crippen LogP contribution is 2.33. The normalized spacial score (nSPS) is 16.5. The third kappa shape index (κ3) is 4.78. The van der Waals surface area contributed by atoms with Crippen molar-refractivity contribution in [2.45, 2.75) is 45.4 Å². The number of rotatable bonds is 3. The molecule has 2 aromatic carbocycles. The van der Waals surface area contributed by atoms with Crippen molar-refractivity contribution in [2.24, 2.45) is 0 Å². The summed E-state index contributed by atoms with van der Waals surface area (Å²) < 4.78 is 5.31. The number of amides is 2. The van der Waals surface area contributed by atoms with Crippen molar-refractivity contribution in [2.75, 3.05) is 4.90 Å². The van der Waals surface area contributed by atoms with Gasteiger partial charge in [-0.3, -0.25) is 4.79 Å². The molecule has 0 saturated carbocycles. The van der Waals surface area contributed by atoms with E-state index in [1.165, 1.54) is 0 Å². The summed E-state index contributed by atoms with van der Waals surface area (Å²) in [5.41, 5.74) is 1.79. The number of hydrogen-bond acceptors (Lipinski definition) is 3. The van der Waals surface area contributed by atoms with E-state index in [4.69, 9.17) is 27.9 Å². The number of hydrogen-bond donors (Lipinski definition) is 1. The van der Waals surface area contributed by atoms with Crippen LogP contribution in [0.4, 0.5) is 10.5 Å². The van der Waals surface area contributed by atoms with E-state index in [1.54, 1.807) is 43.9 Å². The molecule has 1 N–H and O–H groups in total. The highest BCUT2D eigenvalue weighted by Gasteiger charge is 2.35. The SMILES string of the molecule is CC(C)(C)OC(=O)NC1Cc2ccc(Cl)cc2N(Cc2ccccc2Cl)C1=O. The number of anilines is 1. The number of carbonyl (C=O) groups excluding carboxylic acids is 2. The number of fused-ring (bicyclic) bond motifs is 1. The Hall–Kier alpha value is -2.24. The number of carbonyl (C=O) groups is 2. The Morgan fingerprint density at radius 1 is 1.21 bits per heavy atom. The van der Waals surface area contributed by atoms with Gasteiger partial charge in [-0.2, -0.15) is 0 Å². The minimum atomic E-state index is -0.731. The van der Waals surface area contributed by atoms with Gasteiger partial charge in [-0.1, -0.05) is 47.5 Å². The summed E-state index contributed by atoms with van der Waals surface area (Å²) >= 11 is 12.5. The van der Waals surface area contributed by atoms with Crippen LogP contribution in [0.1, 0.15) is 31.9 Å². The molecule has 1 aliphatic heterocycles. The molecule has 1 atom stereocenters. The third-order valence-electron chi connectivity index (χ3n) is 4.30. The molecule has 1 unspecified atom stereocenters. The second kappa shape index (κ2) is 8.02. The van der Waals surface area contributed by atoms with Gasteiger partial charge >= 0.3 is 6.09 Å². The van der Waals surface area contributed by atoms with E-state index in [2.05, 4.69) is 5.32 Å². The van der Waals surface area contributed by atoms with Gasteiger partial charge in [0, 0.05) is 22.2 Å². The van der Waals surface area contributed by atoms with Crippen molar-refractivity contribution >= 4 is 40.9 Å². The van der Waals surface area contributed by atoms with Crippen molar-refractivity contribution in [3.05, 3.63) is 63.6 Å². The van der Waals surface area contributed by atoms with Crippen molar-refractivity contribution in [3.8, 4) is 0 Å². The van der Waals surface area contributed by atoms with Crippen LogP contribution in [0, 0.1) is 0 Å². The lowest BCUT2D eigenvalue weighted by Gasteiger charge is -2.35. The van der Waals surface area contributed by atoms with Gasteiger partial charge in [0.25, 0.3) is 0 Å². The van der Waals surface area contributed by atoms with Gasteiger partial charge in [0.2, 0.25) is 5.91 Å². The summed E-state index contributed by atoms with van der Waals surface area (Å²) in [6, 6.07) is 12.0. The number of ether oxygens (including phenoxy) is 1. The minimum Gasteiger partial charge on any atom is -0.444 e. The van der Waals surface area contributed by atoms with E-state index < -0.39 is 17.7 Å². The summed E-state index contributed by atoms with van der Waals surface area (Å²) in [6.45, 7) is 5.60. The number of benzene rings is 2. The number of nitrogens with zero attached hydrogens (tertiary/aromatic N) is 1. The first kappa shape index (κ1) is 20.5. The Balaban J connectivity index is 1.91. The topological polar surface area (TPSA) is 58.6 Å². The first-order chi connectivity index (χ1) is 13.1. The van der Waals surface area contributed by atoms with E-state index in [-0.39, 0.29) is 12.5 Å². The van der Waals surface area contributed by atoms with Crippen LogP contribution < -0.4 is 10.2 Å². The van der Waals surface area contributed by atoms with E-state index in [1.807, 2.05) is 24.3 Å². The average Bonchev–Trinajstić information content (AvgIpc) is 2.59. The molecule has 0 bridgehead atoms. The van der Waals surface area contributed by atoms with Crippen molar-refractivity contribution in [1.82, 2.24) is 5.32 Å². The molecule has 0 aliphatic carbocycles. The third-order valence-corrected chi connectivity index (χ3v) is 4.91. The molecule has 3 rings (SSSR count). The Labute approximate surface area is 174 Å². The molecule has 0 saturated heterocycles. The first-order valence-corrected chi connectivity index (χ1v) is 9.72. The monoisotopic (exact) mass is 420 g/mol. The minimum absolute atomic E-state index is 0.236. The Bertz CT molecular complexity index is 909. The molecule has 0 aromatic heterocycles. The Kier molecular flexibility index (Phi) is 5.87. The van der Waals surface area contributed by atoms with Crippen molar-refractivity contribution < 1.29 is 14.3 Å². The maximum atomic E-state index is 13.2. The van der Waals surface area contributed by atoms with Gasteiger partial charge in [0.15, 0.2) is 0 Å². The molecule has 7 heteroatoms. The zero-order valence-electron chi connectivity index (χ0n) is 16.0. The Morgan fingerprint density at radius 2 is 1.93 bits per heavy atom. The predicted octanol–water partition coefficient (Wildman–Crippen LogP) is 4.98. The smallest absolute Gasteiger partial charge is 0.408 e. The summed E-state index contributed by atoms with van der Waals surface area (Å²) in [7, 11) is 0. The van der Waals surface area contributed by atoms with Gasteiger partial charge in [0.05, 0.1) is 6.54 Å². The van der Waals surface area contributed by atoms with Crippen LogP contribution in [0.15, 0.2) is 42.5 Å². The standard InChI is InChI=1S/C21H22Cl2N2O3/c1-21(2,3)28-20(27)24-17-10-13-8-9-15(22)11-18(13)25(19(17)26)12-14-6-4-5-7-16(14)23/h4-9,11,17H,10,12H2,1-3H3,(H,24,27). The van der Waals surface area contributed by atoms with Crippen LogP contribution >= 0.6 is 23.2 Å². The zero-order valence-corrected chi connectivity index (χ0v) is 17.5. The van der Waals surface area contributed by atoms with Gasteiger partial charge in [-0.05, 0) is 50.1 Å². The highest BCUT2D eigenvalue weighted by molar-refractivity contribution is 6.31. The summed E-state index contributed by atoms with van der Waals surface area (Å²) in [6.07, 6.45) is -0.259. The molecular weight excluding hydrogens is 399 g/mol. The van der Waals surface area contributed by atoms with Crippen LogP contribution in [-0.4, -0.2) is 23.6 Å². The van der Waals surface area contributed by atoms with Crippen LogP contribution in [0.3, 0.4) is 0 Å². The van der Waals surface area contributed by atoms with Gasteiger partial charge < -0.3 is 15.0 Å². The molecule has 148 valence electrons. The van der Waals surface area contributed by atoms with Crippen molar-refractivity contribution in [3.63, 3.8) is 0 Å². The first-order valence-electron chi connectivity index (χ1n) is 8.97. The largest absolute Gasteiger partial charge is 0.444 e. The molecule has 2 aromatic rings. The summed E-state index contributed by atoms with van der Waals surface area (Å²) in [4.78, 5) is 27.0. The van der Waals surface area contributed by atoms with Crippen LogP contribution in [0.5, 0.6) is 0 Å². The van der Waals surface area contributed by atoms with Crippen LogP contribution in [-0.2, 0) is 22.5 Å². The van der Waals surface area contributed by atoms with Gasteiger partial charge in [-0.15, -0.1) is 0 Å². The molecular formula is C21H22Cl2N2O3. The van der Waals surface area contributed by atoms with Crippen LogP contribution in [0.2, 0.25) is 10.0 Å². The number of halogens is 2. The summed E-state index contributed by atoms with van der Waals surface area (Å²) in [5.74, 6) is -0.236. The molecule has 1 heterocycles. The lowest BCUT2D eigenvalue weighted by molar-refractivity contribution is -0.121. The fourth-order valence-electron chi connectivity index (χ4n) is 3.10. The maximum Gasteiger partial charge on any atom is 0.408 e. The maximum absolute atomic E-state index is 13.2. The highest BCUT2D eigenvalue weighted by atomic mass is 35.5. The number of nitrogens with one attached hydrogen (secondary N) is 1. The fourth-order valence-corrected chi connectivity index (χ4v) is 3.46. The van der Waals surface area contributed by atoms with E-state index in [0.29, 0.717) is 16.5 Å². The second-order valence-electron chi connectivity index (χ2n) is 7.69. The molecule has 28 heavy (non-hydrogen) atoms. The van der Waals surface area contributed by atoms with E-state index >= 15 is 0 Å².